The molecule has 2 aromatic heterocycles. The molecule has 0 aliphatic heterocycles. The zero-order valence-electron chi connectivity index (χ0n) is 13.6. The van der Waals surface area contributed by atoms with Gasteiger partial charge in [-0.15, -0.1) is 0 Å². The van der Waals surface area contributed by atoms with Crippen LogP contribution in [-0.4, -0.2) is 10.9 Å². The second kappa shape index (κ2) is 8.06. The van der Waals surface area contributed by atoms with Gasteiger partial charge >= 0.3 is 0 Å². The maximum Gasteiger partial charge on any atom is 0.287 e. The zero-order valence-corrected chi connectivity index (χ0v) is 13.6. The lowest BCUT2D eigenvalue weighted by molar-refractivity contribution is 0.0919. The van der Waals surface area contributed by atoms with Crippen LogP contribution in [0.15, 0.2) is 70.3 Å². The van der Waals surface area contributed by atoms with Crippen LogP contribution < -0.4 is 15.5 Å². The van der Waals surface area contributed by atoms with E-state index in [1.165, 1.54) is 12.1 Å². The first kappa shape index (κ1) is 17.3. The molecule has 0 aliphatic carbocycles. The summed E-state index contributed by atoms with van der Waals surface area (Å²) in [6, 6.07) is 10.3. The van der Waals surface area contributed by atoms with Crippen LogP contribution in [0.4, 0.5) is 4.39 Å². The van der Waals surface area contributed by atoms with Gasteiger partial charge in [-0.05, 0) is 35.4 Å². The molecule has 3 aromatic rings. The standard InChI is InChI=1S/C19H15FN2O4/c20-15-3-1-14(2-4-15)11-25-18-12-26-17(9-16(18)23)19(24)22-10-13-5-7-21-8-6-13/h1-9,12H,10-11H2,(H,22,24). The highest BCUT2D eigenvalue weighted by molar-refractivity contribution is 5.91. The van der Waals surface area contributed by atoms with E-state index in [2.05, 4.69) is 10.3 Å². The number of hydrogen-bond acceptors (Lipinski definition) is 5. The third-order valence-electron chi connectivity index (χ3n) is 3.53. The van der Waals surface area contributed by atoms with Crippen LogP contribution in [0.1, 0.15) is 21.7 Å². The number of ether oxygens (including phenoxy) is 1. The Bertz CT molecular complexity index is 940. The molecule has 0 fully saturated rings. The van der Waals surface area contributed by atoms with E-state index in [4.69, 9.17) is 9.15 Å². The van der Waals surface area contributed by atoms with Crippen molar-refractivity contribution in [2.45, 2.75) is 13.2 Å². The van der Waals surface area contributed by atoms with E-state index < -0.39 is 11.3 Å². The first-order valence-corrected chi connectivity index (χ1v) is 7.79. The first-order valence-electron chi connectivity index (χ1n) is 7.79. The molecule has 1 aromatic carbocycles. The lowest BCUT2D eigenvalue weighted by Gasteiger charge is -2.07. The summed E-state index contributed by atoms with van der Waals surface area (Å²) in [5.74, 6) is -1.00. The fourth-order valence-electron chi connectivity index (χ4n) is 2.14. The molecule has 0 atom stereocenters. The Morgan fingerprint density at radius 1 is 1.12 bits per heavy atom. The van der Waals surface area contributed by atoms with Crippen molar-refractivity contribution < 1.29 is 18.3 Å². The van der Waals surface area contributed by atoms with E-state index in [9.17, 15) is 14.0 Å². The Labute approximate surface area is 148 Å². The third-order valence-corrected chi connectivity index (χ3v) is 3.53. The molecule has 0 spiro atoms. The Balaban J connectivity index is 1.60. The van der Waals surface area contributed by atoms with Gasteiger partial charge in [0.1, 0.15) is 18.7 Å². The Morgan fingerprint density at radius 3 is 2.54 bits per heavy atom. The van der Waals surface area contributed by atoms with Crippen molar-refractivity contribution >= 4 is 5.91 Å². The van der Waals surface area contributed by atoms with Crippen molar-refractivity contribution in [3.8, 4) is 5.75 Å². The Hall–Kier alpha value is -3.48. The SMILES string of the molecule is O=C(NCc1ccncc1)c1cc(=O)c(OCc2ccc(F)cc2)co1. The van der Waals surface area contributed by atoms with Crippen molar-refractivity contribution in [2.24, 2.45) is 0 Å². The van der Waals surface area contributed by atoms with E-state index in [1.807, 2.05) is 0 Å². The number of nitrogens with zero attached hydrogens (tertiary/aromatic N) is 1. The maximum absolute atomic E-state index is 12.9. The summed E-state index contributed by atoms with van der Waals surface area (Å²) in [4.78, 5) is 28.0. The molecule has 132 valence electrons. The van der Waals surface area contributed by atoms with E-state index >= 15 is 0 Å². The molecule has 1 N–H and O–H groups in total. The second-order valence-electron chi connectivity index (χ2n) is 5.43. The summed E-state index contributed by atoms with van der Waals surface area (Å²) < 4.78 is 23.4. The molecular formula is C19H15FN2O4. The summed E-state index contributed by atoms with van der Waals surface area (Å²) in [6.07, 6.45) is 4.33. The van der Waals surface area contributed by atoms with Gasteiger partial charge in [0.2, 0.25) is 11.2 Å². The van der Waals surface area contributed by atoms with Gasteiger partial charge in [0.25, 0.3) is 5.91 Å². The highest BCUT2D eigenvalue weighted by Gasteiger charge is 2.12. The molecule has 7 heteroatoms. The van der Waals surface area contributed by atoms with Crippen molar-refractivity contribution in [3.63, 3.8) is 0 Å². The minimum atomic E-state index is -0.510. The highest BCUT2D eigenvalue weighted by Crippen LogP contribution is 2.10. The van der Waals surface area contributed by atoms with Crippen LogP contribution >= 0.6 is 0 Å². The molecular weight excluding hydrogens is 339 g/mol. The topological polar surface area (TPSA) is 81.4 Å². The lowest BCUT2D eigenvalue weighted by atomic mass is 10.2. The average molecular weight is 354 g/mol. The molecule has 0 radical (unpaired) electrons. The van der Waals surface area contributed by atoms with E-state index in [1.54, 1.807) is 36.7 Å². The van der Waals surface area contributed by atoms with Gasteiger partial charge in [0.15, 0.2) is 5.76 Å². The summed E-state index contributed by atoms with van der Waals surface area (Å²) in [7, 11) is 0. The number of halogens is 1. The number of hydrogen-bond donors (Lipinski definition) is 1. The number of nitrogens with one attached hydrogen (secondary N) is 1. The van der Waals surface area contributed by atoms with Crippen molar-refractivity contribution in [2.75, 3.05) is 0 Å². The average Bonchev–Trinajstić information content (AvgIpc) is 2.67. The van der Waals surface area contributed by atoms with Crippen molar-refractivity contribution in [3.05, 3.63) is 94.0 Å². The van der Waals surface area contributed by atoms with Gasteiger partial charge in [0, 0.05) is 25.0 Å². The molecule has 0 aliphatic rings. The monoisotopic (exact) mass is 354 g/mol. The smallest absolute Gasteiger partial charge is 0.287 e. The summed E-state index contributed by atoms with van der Waals surface area (Å²) >= 11 is 0. The number of amides is 1. The predicted octanol–water partition coefficient (Wildman–Crippen LogP) is 2.68. The van der Waals surface area contributed by atoms with Gasteiger partial charge in [-0.25, -0.2) is 4.39 Å². The quantitative estimate of drug-likeness (QED) is 0.736. The van der Waals surface area contributed by atoms with Crippen LogP contribution in [0.2, 0.25) is 0 Å². The van der Waals surface area contributed by atoms with Crippen molar-refractivity contribution in [1.29, 1.82) is 0 Å². The molecule has 0 bridgehead atoms. The van der Waals surface area contributed by atoms with Gasteiger partial charge < -0.3 is 14.5 Å². The van der Waals surface area contributed by atoms with Crippen molar-refractivity contribution in [1.82, 2.24) is 10.3 Å². The minimum absolute atomic E-state index is 0.0278. The third kappa shape index (κ3) is 4.54. The van der Waals surface area contributed by atoms with E-state index in [-0.39, 0.29) is 30.5 Å². The number of carbonyl (C=O) groups excluding carboxylic acids is 1. The molecule has 1 amide bonds. The fraction of sp³-hybridized carbons (Fsp3) is 0.105. The maximum atomic E-state index is 12.9. The highest BCUT2D eigenvalue weighted by atomic mass is 19.1. The molecule has 0 saturated carbocycles. The molecule has 26 heavy (non-hydrogen) atoms. The molecule has 6 nitrogen and oxygen atoms in total. The number of aromatic nitrogens is 1. The lowest BCUT2D eigenvalue weighted by Crippen LogP contribution is -2.24. The van der Waals surface area contributed by atoms with Gasteiger partial charge in [-0.1, -0.05) is 12.1 Å². The Morgan fingerprint density at radius 2 is 1.85 bits per heavy atom. The number of benzene rings is 1. The fourth-order valence-corrected chi connectivity index (χ4v) is 2.14. The first-order chi connectivity index (χ1) is 12.6. The van der Waals surface area contributed by atoms with E-state index in [0.29, 0.717) is 5.56 Å². The van der Waals surface area contributed by atoms with Gasteiger partial charge in [-0.3, -0.25) is 14.6 Å². The van der Waals surface area contributed by atoms with Crippen LogP contribution in [-0.2, 0) is 13.2 Å². The van der Waals surface area contributed by atoms with Crippen LogP contribution in [0.3, 0.4) is 0 Å². The number of rotatable bonds is 6. The van der Waals surface area contributed by atoms with Crippen LogP contribution in [0, 0.1) is 5.82 Å². The van der Waals surface area contributed by atoms with Crippen LogP contribution in [0.5, 0.6) is 5.75 Å². The Kier molecular flexibility index (Phi) is 5.38. The summed E-state index contributed by atoms with van der Waals surface area (Å²) in [5, 5.41) is 2.65. The predicted molar refractivity (Wildman–Crippen MR) is 91.1 cm³/mol. The largest absolute Gasteiger partial charge is 0.482 e. The van der Waals surface area contributed by atoms with E-state index in [0.717, 1.165) is 17.9 Å². The number of pyridine rings is 1. The van der Waals surface area contributed by atoms with Crippen LogP contribution in [0.25, 0.3) is 0 Å². The zero-order chi connectivity index (χ0) is 18.4. The molecule has 3 rings (SSSR count). The van der Waals surface area contributed by atoms with Gasteiger partial charge in [-0.2, -0.15) is 0 Å². The second-order valence-corrected chi connectivity index (χ2v) is 5.43. The normalized spacial score (nSPS) is 10.3. The van der Waals surface area contributed by atoms with Gasteiger partial charge in [0.05, 0.1) is 0 Å². The minimum Gasteiger partial charge on any atom is -0.482 e. The molecule has 0 saturated heterocycles. The molecule has 2 heterocycles. The summed E-state index contributed by atoms with van der Waals surface area (Å²) in [6.45, 7) is 0.368. The number of carbonyl (C=O) groups is 1. The summed E-state index contributed by atoms with van der Waals surface area (Å²) in [5.41, 5.74) is 1.09. The molecule has 0 unspecified atom stereocenters.